The molecule has 7 heteroatoms. The van der Waals surface area contributed by atoms with Crippen LogP contribution in [0.2, 0.25) is 0 Å². The molecule has 0 aliphatic carbocycles. The molecule has 30 heavy (non-hydrogen) atoms. The Labute approximate surface area is 183 Å². The van der Waals surface area contributed by atoms with E-state index in [2.05, 4.69) is 4.98 Å². The fourth-order valence-corrected chi connectivity index (χ4v) is 4.15. The van der Waals surface area contributed by atoms with Gasteiger partial charge in [-0.25, -0.2) is 4.98 Å². The molecule has 1 amide bonds. The van der Waals surface area contributed by atoms with E-state index >= 15 is 0 Å². The lowest BCUT2D eigenvalue weighted by molar-refractivity contribution is 0.0985. The van der Waals surface area contributed by atoms with Crippen molar-refractivity contribution in [1.29, 1.82) is 0 Å². The predicted octanol–water partition coefficient (Wildman–Crippen LogP) is 5.64. The first-order valence-electron chi connectivity index (χ1n) is 9.31. The first-order valence-corrected chi connectivity index (χ1v) is 11.1. The van der Waals surface area contributed by atoms with E-state index in [1.807, 2.05) is 59.3 Å². The molecule has 0 unspecified atom stereocenters. The number of hydrogen-bond donors (Lipinski definition) is 0. The van der Waals surface area contributed by atoms with Gasteiger partial charge in [0.15, 0.2) is 0 Å². The minimum atomic E-state index is -0.0698. The SMILES string of the molecule is COc1ccc(N(Cc2cccs2)C(=O)c2ccc(OCc3cscn3)cc2)cc1. The average Bonchev–Trinajstić information content (AvgIpc) is 3.50. The van der Waals surface area contributed by atoms with Crippen molar-refractivity contribution >= 4 is 34.3 Å². The molecule has 5 nitrogen and oxygen atoms in total. The van der Waals surface area contributed by atoms with Crippen LogP contribution in [0.1, 0.15) is 20.9 Å². The van der Waals surface area contributed by atoms with Gasteiger partial charge in [-0.1, -0.05) is 6.07 Å². The van der Waals surface area contributed by atoms with Gasteiger partial charge in [0.1, 0.15) is 18.1 Å². The van der Waals surface area contributed by atoms with Crippen LogP contribution < -0.4 is 14.4 Å². The van der Waals surface area contributed by atoms with Gasteiger partial charge in [0.2, 0.25) is 0 Å². The van der Waals surface area contributed by atoms with Gasteiger partial charge in [-0.2, -0.15) is 0 Å². The Bertz CT molecular complexity index is 1060. The highest BCUT2D eigenvalue weighted by Gasteiger charge is 2.19. The highest BCUT2D eigenvalue weighted by molar-refractivity contribution is 7.09. The Balaban J connectivity index is 1.52. The molecule has 2 heterocycles. The highest BCUT2D eigenvalue weighted by atomic mass is 32.1. The van der Waals surface area contributed by atoms with E-state index in [4.69, 9.17) is 9.47 Å². The van der Waals surface area contributed by atoms with Gasteiger partial charge in [0.25, 0.3) is 5.91 Å². The van der Waals surface area contributed by atoms with Crippen molar-refractivity contribution in [3.8, 4) is 11.5 Å². The van der Waals surface area contributed by atoms with Gasteiger partial charge in [0.05, 0.1) is 24.9 Å². The van der Waals surface area contributed by atoms with E-state index in [0.29, 0.717) is 24.5 Å². The fraction of sp³-hybridized carbons (Fsp3) is 0.130. The van der Waals surface area contributed by atoms with Gasteiger partial charge in [-0.3, -0.25) is 4.79 Å². The van der Waals surface area contributed by atoms with Crippen LogP contribution in [0.15, 0.2) is 76.9 Å². The third-order valence-electron chi connectivity index (χ3n) is 4.49. The van der Waals surface area contributed by atoms with E-state index < -0.39 is 0 Å². The Morgan fingerprint density at radius 2 is 1.80 bits per heavy atom. The number of thiazole rings is 1. The number of hydrogen-bond acceptors (Lipinski definition) is 6. The van der Waals surface area contributed by atoms with Gasteiger partial charge in [0, 0.05) is 21.5 Å². The van der Waals surface area contributed by atoms with Crippen LogP contribution in [0, 0.1) is 0 Å². The molecule has 0 aliphatic rings. The number of rotatable bonds is 8. The molecule has 2 aromatic heterocycles. The molecule has 152 valence electrons. The first kappa shape index (κ1) is 20.1. The number of aromatic nitrogens is 1. The summed E-state index contributed by atoms with van der Waals surface area (Å²) in [5.74, 6) is 1.39. The Morgan fingerprint density at radius 1 is 1.03 bits per heavy atom. The minimum absolute atomic E-state index is 0.0698. The van der Waals surface area contributed by atoms with Gasteiger partial charge >= 0.3 is 0 Å². The summed E-state index contributed by atoms with van der Waals surface area (Å²) in [7, 11) is 1.63. The lowest BCUT2D eigenvalue weighted by atomic mass is 10.1. The summed E-state index contributed by atoms with van der Waals surface area (Å²) < 4.78 is 11.0. The second-order valence-electron chi connectivity index (χ2n) is 6.46. The van der Waals surface area contributed by atoms with Crippen LogP contribution in [-0.2, 0) is 13.2 Å². The molecule has 0 saturated carbocycles. The zero-order chi connectivity index (χ0) is 20.8. The molecule has 0 radical (unpaired) electrons. The monoisotopic (exact) mass is 436 g/mol. The molecular formula is C23H20N2O3S2. The summed E-state index contributed by atoms with van der Waals surface area (Å²) in [4.78, 5) is 20.4. The van der Waals surface area contributed by atoms with Crippen LogP contribution in [-0.4, -0.2) is 18.0 Å². The van der Waals surface area contributed by atoms with Crippen molar-refractivity contribution < 1.29 is 14.3 Å². The normalized spacial score (nSPS) is 10.6. The number of carbonyl (C=O) groups is 1. The standard InChI is InChI=1S/C23H20N2O3S2/c1-27-20-10-6-19(7-11-20)25(13-22-3-2-12-30-22)23(26)17-4-8-21(9-5-17)28-14-18-15-29-16-24-18/h2-12,15-16H,13-14H2,1H3. The molecule has 0 atom stereocenters. The Hall–Kier alpha value is -3.16. The Morgan fingerprint density at radius 3 is 2.43 bits per heavy atom. The van der Waals surface area contributed by atoms with Crippen LogP contribution in [0.25, 0.3) is 0 Å². The summed E-state index contributed by atoms with van der Waals surface area (Å²) >= 11 is 3.17. The maximum absolute atomic E-state index is 13.3. The number of ether oxygens (including phenoxy) is 2. The third kappa shape index (κ3) is 4.87. The van der Waals surface area contributed by atoms with E-state index in [0.717, 1.165) is 22.0 Å². The maximum Gasteiger partial charge on any atom is 0.258 e. The molecule has 4 aromatic rings. The van der Waals surface area contributed by atoms with Crippen molar-refractivity contribution in [2.24, 2.45) is 0 Å². The quantitative estimate of drug-likeness (QED) is 0.359. The van der Waals surface area contributed by atoms with Crippen LogP contribution >= 0.6 is 22.7 Å². The van der Waals surface area contributed by atoms with Crippen LogP contribution in [0.5, 0.6) is 11.5 Å². The lowest BCUT2D eigenvalue weighted by Crippen LogP contribution is -2.30. The van der Waals surface area contributed by atoms with Crippen LogP contribution in [0.4, 0.5) is 5.69 Å². The minimum Gasteiger partial charge on any atom is -0.497 e. The molecular weight excluding hydrogens is 416 g/mol. The molecule has 0 bridgehead atoms. The van der Waals surface area contributed by atoms with E-state index in [1.165, 1.54) is 11.3 Å². The average molecular weight is 437 g/mol. The highest BCUT2D eigenvalue weighted by Crippen LogP contribution is 2.25. The maximum atomic E-state index is 13.3. The molecule has 4 rings (SSSR count). The largest absolute Gasteiger partial charge is 0.497 e. The number of thiophene rings is 1. The molecule has 0 N–H and O–H groups in total. The number of amides is 1. The molecule has 0 aliphatic heterocycles. The molecule has 2 aromatic carbocycles. The number of nitrogens with zero attached hydrogens (tertiary/aromatic N) is 2. The number of carbonyl (C=O) groups excluding carboxylic acids is 1. The summed E-state index contributed by atoms with van der Waals surface area (Å²) in [6.07, 6.45) is 0. The second-order valence-corrected chi connectivity index (χ2v) is 8.21. The fourth-order valence-electron chi connectivity index (χ4n) is 2.92. The zero-order valence-electron chi connectivity index (χ0n) is 16.4. The van der Waals surface area contributed by atoms with E-state index in [9.17, 15) is 4.79 Å². The molecule has 0 spiro atoms. The van der Waals surface area contributed by atoms with E-state index in [-0.39, 0.29) is 5.91 Å². The first-order chi connectivity index (χ1) is 14.7. The summed E-state index contributed by atoms with van der Waals surface area (Å²) in [5, 5.41) is 3.97. The smallest absolute Gasteiger partial charge is 0.258 e. The number of anilines is 1. The number of benzene rings is 2. The summed E-state index contributed by atoms with van der Waals surface area (Å²) in [6.45, 7) is 0.915. The Kier molecular flexibility index (Phi) is 6.41. The van der Waals surface area contributed by atoms with Crippen molar-refractivity contribution in [3.05, 3.63) is 93.1 Å². The molecule has 0 saturated heterocycles. The number of methoxy groups -OCH3 is 1. The van der Waals surface area contributed by atoms with Crippen molar-refractivity contribution in [1.82, 2.24) is 4.98 Å². The summed E-state index contributed by atoms with van der Waals surface area (Å²) in [6, 6.07) is 18.8. The van der Waals surface area contributed by atoms with Gasteiger partial charge in [-0.05, 0) is 60.0 Å². The van der Waals surface area contributed by atoms with Crippen molar-refractivity contribution in [2.75, 3.05) is 12.0 Å². The van der Waals surface area contributed by atoms with Gasteiger partial charge in [-0.15, -0.1) is 22.7 Å². The van der Waals surface area contributed by atoms with Gasteiger partial charge < -0.3 is 14.4 Å². The lowest BCUT2D eigenvalue weighted by Gasteiger charge is -2.23. The van der Waals surface area contributed by atoms with E-state index in [1.54, 1.807) is 41.0 Å². The van der Waals surface area contributed by atoms with Crippen molar-refractivity contribution in [2.45, 2.75) is 13.2 Å². The third-order valence-corrected chi connectivity index (χ3v) is 5.99. The zero-order valence-corrected chi connectivity index (χ0v) is 18.0. The van der Waals surface area contributed by atoms with Crippen molar-refractivity contribution in [3.63, 3.8) is 0 Å². The second kappa shape index (κ2) is 9.56. The topological polar surface area (TPSA) is 51.7 Å². The predicted molar refractivity (Wildman–Crippen MR) is 121 cm³/mol. The molecule has 0 fully saturated rings. The van der Waals surface area contributed by atoms with Crippen LogP contribution in [0.3, 0.4) is 0 Å². The summed E-state index contributed by atoms with van der Waals surface area (Å²) in [5.41, 5.74) is 4.09.